The van der Waals surface area contributed by atoms with Crippen LogP contribution in [0.1, 0.15) is 68.4 Å². The van der Waals surface area contributed by atoms with E-state index in [0.29, 0.717) is 58.7 Å². The van der Waals surface area contributed by atoms with Crippen molar-refractivity contribution in [3.8, 4) is 11.8 Å². The maximum absolute atomic E-state index is 13.9. The SMILES string of the molecule is CCOc1ccc(C(=O)N(OC(C)(C)C)c2c(C)c(NCC3CCCCN3)c(C#N)c3ccnn23)cc1. The third kappa shape index (κ3) is 5.87. The van der Waals surface area contributed by atoms with Gasteiger partial charge in [-0.1, -0.05) is 6.42 Å². The van der Waals surface area contributed by atoms with E-state index in [2.05, 4.69) is 21.8 Å². The van der Waals surface area contributed by atoms with Crippen molar-refractivity contribution in [2.24, 2.45) is 0 Å². The molecule has 3 aromatic rings. The molecule has 3 heterocycles. The van der Waals surface area contributed by atoms with Crippen LogP contribution in [0.15, 0.2) is 36.5 Å². The molecule has 4 rings (SSSR count). The number of ether oxygens (including phenoxy) is 1. The average Bonchev–Trinajstić information content (AvgIpc) is 3.36. The number of hydrogen-bond acceptors (Lipinski definition) is 7. The minimum absolute atomic E-state index is 0.316. The van der Waals surface area contributed by atoms with E-state index in [1.165, 1.54) is 17.9 Å². The van der Waals surface area contributed by atoms with Gasteiger partial charge in [-0.2, -0.15) is 15.4 Å². The molecule has 0 spiro atoms. The quantitative estimate of drug-likeness (QED) is 0.423. The Morgan fingerprint density at radius 1 is 1.27 bits per heavy atom. The third-order valence-corrected chi connectivity index (χ3v) is 6.26. The molecule has 2 N–H and O–H groups in total. The highest BCUT2D eigenvalue weighted by atomic mass is 16.7. The summed E-state index contributed by atoms with van der Waals surface area (Å²) in [6, 6.07) is 11.4. The third-order valence-electron chi connectivity index (χ3n) is 6.26. The monoisotopic (exact) mass is 504 g/mol. The van der Waals surface area contributed by atoms with Crippen molar-refractivity contribution in [3.63, 3.8) is 0 Å². The number of pyridine rings is 1. The molecular formula is C28H36N6O3. The van der Waals surface area contributed by atoms with Gasteiger partial charge in [0, 0.05) is 23.7 Å². The van der Waals surface area contributed by atoms with Gasteiger partial charge in [-0.25, -0.2) is 4.52 Å². The first-order chi connectivity index (χ1) is 17.7. The van der Waals surface area contributed by atoms with Crippen LogP contribution in [-0.2, 0) is 4.84 Å². The first kappa shape index (κ1) is 26.5. The largest absolute Gasteiger partial charge is 0.494 e. The Labute approximate surface area is 218 Å². The van der Waals surface area contributed by atoms with Crippen LogP contribution in [0.2, 0.25) is 0 Å². The molecule has 196 valence electrons. The molecule has 0 aliphatic carbocycles. The number of rotatable bonds is 8. The van der Waals surface area contributed by atoms with Gasteiger partial charge < -0.3 is 15.4 Å². The molecule has 1 fully saturated rings. The minimum atomic E-state index is -0.680. The maximum Gasteiger partial charge on any atom is 0.283 e. The molecule has 1 amide bonds. The second kappa shape index (κ2) is 11.2. The number of anilines is 2. The van der Waals surface area contributed by atoms with Crippen molar-refractivity contribution in [1.29, 1.82) is 5.26 Å². The highest BCUT2D eigenvalue weighted by Crippen LogP contribution is 2.35. The second-order valence-electron chi connectivity index (χ2n) is 10.2. The zero-order valence-electron chi connectivity index (χ0n) is 22.3. The summed E-state index contributed by atoms with van der Waals surface area (Å²) in [5.74, 6) is 0.795. The number of nitrogens with one attached hydrogen (secondary N) is 2. The Bertz CT molecular complexity index is 1280. The number of piperidine rings is 1. The van der Waals surface area contributed by atoms with E-state index in [4.69, 9.17) is 9.57 Å². The van der Waals surface area contributed by atoms with Crippen molar-refractivity contribution in [1.82, 2.24) is 14.9 Å². The molecule has 1 aliphatic rings. The smallest absolute Gasteiger partial charge is 0.283 e. The van der Waals surface area contributed by atoms with E-state index in [9.17, 15) is 10.1 Å². The van der Waals surface area contributed by atoms with Gasteiger partial charge >= 0.3 is 0 Å². The van der Waals surface area contributed by atoms with E-state index < -0.39 is 5.60 Å². The van der Waals surface area contributed by atoms with Crippen LogP contribution >= 0.6 is 0 Å². The zero-order chi connectivity index (χ0) is 26.6. The standard InChI is InChI=1S/C28H36N6O3/c1-6-36-22-12-10-20(11-13-22)27(35)34(37-28(3,4)5)26-19(2)25(31-18-21-9-7-8-15-30-21)23(17-29)24-14-16-32-33(24)26/h10-14,16,21,30-31H,6-9,15,18H2,1-5H3. The summed E-state index contributed by atoms with van der Waals surface area (Å²) < 4.78 is 7.14. The predicted octanol–water partition coefficient (Wildman–Crippen LogP) is 4.84. The van der Waals surface area contributed by atoms with Crippen LogP contribution in [0.3, 0.4) is 0 Å². The van der Waals surface area contributed by atoms with Crippen LogP contribution in [0.4, 0.5) is 11.5 Å². The minimum Gasteiger partial charge on any atom is -0.494 e. The molecule has 1 aromatic carbocycles. The summed E-state index contributed by atoms with van der Waals surface area (Å²) in [7, 11) is 0. The number of amides is 1. The van der Waals surface area contributed by atoms with E-state index in [0.717, 1.165) is 13.0 Å². The van der Waals surface area contributed by atoms with Gasteiger partial charge in [-0.05, 0) is 84.3 Å². The summed E-state index contributed by atoms with van der Waals surface area (Å²) in [5, 5.41) is 22.9. The number of carbonyl (C=O) groups is 1. The molecule has 1 atom stereocenters. The van der Waals surface area contributed by atoms with Crippen molar-refractivity contribution in [2.45, 2.75) is 65.5 Å². The molecule has 1 saturated heterocycles. The molecule has 1 unspecified atom stereocenters. The van der Waals surface area contributed by atoms with Crippen molar-refractivity contribution < 1.29 is 14.4 Å². The molecule has 9 nitrogen and oxygen atoms in total. The zero-order valence-corrected chi connectivity index (χ0v) is 22.3. The van der Waals surface area contributed by atoms with Crippen LogP contribution in [0, 0.1) is 18.3 Å². The number of benzene rings is 1. The Hall–Kier alpha value is -3.61. The van der Waals surface area contributed by atoms with Crippen molar-refractivity contribution in [3.05, 3.63) is 53.2 Å². The van der Waals surface area contributed by atoms with E-state index in [1.54, 1.807) is 41.0 Å². The number of carbonyl (C=O) groups excluding carboxylic acids is 1. The average molecular weight is 505 g/mol. The molecule has 37 heavy (non-hydrogen) atoms. The molecule has 9 heteroatoms. The number of hydrogen-bond donors (Lipinski definition) is 2. The fourth-order valence-corrected chi connectivity index (χ4v) is 4.58. The molecule has 0 bridgehead atoms. The molecule has 0 saturated carbocycles. The van der Waals surface area contributed by atoms with Crippen molar-refractivity contribution >= 4 is 22.9 Å². The lowest BCUT2D eigenvalue weighted by Gasteiger charge is -2.32. The Morgan fingerprint density at radius 2 is 2.03 bits per heavy atom. The lowest BCUT2D eigenvalue weighted by molar-refractivity contribution is -0.0172. The van der Waals surface area contributed by atoms with Gasteiger partial charge in [0.2, 0.25) is 0 Å². The van der Waals surface area contributed by atoms with Crippen molar-refractivity contribution in [2.75, 3.05) is 30.1 Å². The molecular weight excluding hydrogens is 468 g/mol. The summed E-state index contributed by atoms with van der Waals surface area (Å²) in [4.78, 5) is 20.2. The fraction of sp³-hybridized carbons (Fsp3) is 0.464. The number of fused-ring (bicyclic) bond motifs is 1. The highest BCUT2D eigenvalue weighted by molar-refractivity contribution is 6.05. The highest BCUT2D eigenvalue weighted by Gasteiger charge is 2.31. The first-order valence-corrected chi connectivity index (χ1v) is 12.9. The normalized spacial score (nSPS) is 15.8. The van der Waals surface area contributed by atoms with Gasteiger partial charge in [0.05, 0.1) is 29.6 Å². The number of aromatic nitrogens is 2. The number of nitriles is 1. The summed E-state index contributed by atoms with van der Waals surface area (Å²) in [5.41, 5.74) is 2.23. The Balaban J connectivity index is 1.81. The van der Waals surface area contributed by atoms with Crippen LogP contribution in [0.5, 0.6) is 5.75 Å². The second-order valence-corrected chi connectivity index (χ2v) is 10.2. The van der Waals surface area contributed by atoms with Crippen LogP contribution in [-0.4, -0.2) is 46.9 Å². The Kier molecular flexibility index (Phi) is 8.00. The number of hydroxylamine groups is 1. The summed E-state index contributed by atoms with van der Waals surface area (Å²) in [6.07, 6.45) is 5.06. The van der Waals surface area contributed by atoms with E-state index in [-0.39, 0.29) is 5.91 Å². The van der Waals surface area contributed by atoms with Gasteiger partial charge in [-0.3, -0.25) is 9.63 Å². The maximum atomic E-state index is 13.9. The van der Waals surface area contributed by atoms with Crippen LogP contribution < -0.4 is 20.4 Å². The lowest BCUT2D eigenvalue weighted by atomic mass is 10.0. The fourth-order valence-electron chi connectivity index (χ4n) is 4.58. The molecule has 1 aliphatic heterocycles. The number of nitrogens with zero attached hydrogens (tertiary/aromatic N) is 4. The summed E-state index contributed by atoms with van der Waals surface area (Å²) >= 11 is 0. The Morgan fingerprint density at radius 3 is 2.65 bits per heavy atom. The molecule has 0 radical (unpaired) electrons. The van der Waals surface area contributed by atoms with E-state index in [1.807, 2.05) is 34.6 Å². The van der Waals surface area contributed by atoms with E-state index >= 15 is 0 Å². The van der Waals surface area contributed by atoms with Gasteiger partial charge in [0.15, 0.2) is 5.82 Å². The van der Waals surface area contributed by atoms with Gasteiger partial charge in [0.1, 0.15) is 17.4 Å². The molecule has 2 aromatic heterocycles. The van der Waals surface area contributed by atoms with Gasteiger partial charge in [0.25, 0.3) is 5.91 Å². The first-order valence-electron chi connectivity index (χ1n) is 12.9. The predicted molar refractivity (Wildman–Crippen MR) is 144 cm³/mol. The topological polar surface area (TPSA) is 104 Å². The lowest BCUT2D eigenvalue weighted by Crippen LogP contribution is -2.41. The summed E-state index contributed by atoms with van der Waals surface area (Å²) in [6.45, 7) is 11.7. The van der Waals surface area contributed by atoms with Gasteiger partial charge in [-0.15, -0.1) is 0 Å². The van der Waals surface area contributed by atoms with Crippen LogP contribution in [0.25, 0.3) is 5.52 Å².